The molecule has 2 unspecified atom stereocenters. The van der Waals surface area contributed by atoms with Crippen LogP contribution in [0.4, 0.5) is 0 Å². The lowest BCUT2D eigenvalue weighted by Crippen LogP contribution is -2.53. The summed E-state index contributed by atoms with van der Waals surface area (Å²) >= 11 is 0. The van der Waals surface area contributed by atoms with Gasteiger partial charge in [0.1, 0.15) is 0 Å². The number of fused-ring (bicyclic) bond motifs is 4. The number of nitrogens with zero attached hydrogens (tertiary/aromatic N) is 1. The van der Waals surface area contributed by atoms with Gasteiger partial charge in [0.15, 0.2) is 12.5 Å². The first-order chi connectivity index (χ1) is 9.69. The van der Waals surface area contributed by atoms with Crippen LogP contribution < -0.4 is 0 Å². The van der Waals surface area contributed by atoms with E-state index in [1.807, 2.05) is 0 Å². The maximum Gasteiger partial charge on any atom is 0.174 e. The molecule has 1 saturated carbocycles. The molecule has 2 heterocycles. The Morgan fingerprint density at radius 3 is 2.60 bits per heavy atom. The van der Waals surface area contributed by atoms with Crippen LogP contribution in [0.2, 0.25) is 0 Å². The van der Waals surface area contributed by atoms with Crippen LogP contribution in [0.3, 0.4) is 0 Å². The van der Waals surface area contributed by atoms with E-state index in [4.69, 9.17) is 9.78 Å². The van der Waals surface area contributed by atoms with Gasteiger partial charge in [-0.3, -0.25) is 0 Å². The van der Waals surface area contributed by atoms with Crippen molar-refractivity contribution in [2.24, 2.45) is 0 Å². The highest BCUT2D eigenvalue weighted by atomic mass is 17.2. The summed E-state index contributed by atoms with van der Waals surface area (Å²) in [6, 6.07) is 9.26. The molecule has 0 spiro atoms. The van der Waals surface area contributed by atoms with E-state index < -0.39 is 0 Å². The van der Waals surface area contributed by atoms with Crippen LogP contribution >= 0.6 is 0 Å². The van der Waals surface area contributed by atoms with Crippen LogP contribution in [-0.4, -0.2) is 17.2 Å². The Bertz CT molecular complexity index is 507. The van der Waals surface area contributed by atoms with Gasteiger partial charge >= 0.3 is 0 Å². The minimum atomic E-state index is -0.0267. The molecule has 1 aromatic rings. The summed E-state index contributed by atoms with van der Waals surface area (Å²) in [5, 5.41) is 0. The molecule has 0 radical (unpaired) electrons. The van der Waals surface area contributed by atoms with Crippen molar-refractivity contribution in [1.29, 1.82) is 0 Å². The standard InChI is InChI=1S/C17H23NO2/c1-17(2)14-11-7-6-10-13(14)15-18(16(17)20-19-15)12-8-4-3-5-9-12/h6-7,10-12,15-16H,3-5,8-9H2,1-2H3. The van der Waals surface area contributed by atoms with Gasteiger partial charge in [0, 0.05) is 17.0 Å². The number of benzene rings is 1. The molecule has 2 atom stereocenters. The summed E-state index contributed by atoms with van der Waals surface area (Å²) in [7, 11) is 0. The van der Waals surface area contributed by atoms with Crippen LogP contribution in [0, 0.1) is 0 Å². The van der Waals surface area contributed by atoms with Gasteiger partial charge in [0.25, 0.3) is 0 Å². The first-order valence-corrected chi connectivity index (χ1v) is 7.88. The lowest BCUT2D eigenvalue weighted by Gasteiger charge is -2.46. The Hall–Kier alpha value is -0.900. The van der Waals surface area contributed by atoms with Crippen molar-refractivity contribution in [3.8, 4) is 0 Å². The van der Waals surface area contributed by atoms with Crippen molar-refractivity contribution in [1.82, 2.24) is 4.90 Å². The molecule has 1 aliphatic carbocycles. The number of hydrogen-bond acceptors (Lipinski definition) is 3. The molecule has 2 fully saturated rings. The van der Waals surface area contributed by atoms with E-state index in [1.165, 1.54) is 43.2 Å². The molecule has 108 valence electrons. The molecule has 2 aliphatic heterocycles. The fourth-order valence-corrected chi connectivity index (χ4v) is 4.23. The molecule has 3 heteroatoms. The van der Waals surface area contributed by atoms with Crippen LogP contribution in [-0.2, 0) is 15.2 Å². The SMILES string of the molecule is CC1(C)c2ccccc2C2OOC1N2C1CCCCC1. The molecule has 0 N–H and O–H groups in total. The third-order valence-corrected chi connectivity index (χ3v) is 5.31. The summed E-state index contributed by atoms with van der Waals surface area (Å²) < 4.78 is 0. The highest BCUT2D eigenvalue weighted by Gasteiger charge is 2.54. The largest absolute Gasteiger partial charge is 0.239 e. The zero-order chi connectivity index (χ0) is 13.7. The van der Waals surface area contributed by atoms with Gasteiger partial charge in [-0.05, 0) is 18.4 Å². The number of rotatable bonds is 1. The highest BCUT2D eigenvalue weighted by Crippen LogP contribution is 2.51. The van der Waals surface area contributed by atoms with Crippen LogP contribution in [0.25, 0.3) is 0 Å². The number of hydrogen-bond donors (Lipinski definition) is 0. The first-order valence-electron chi connectivity index (χ1n) is 7.88. The van der Waals surface area contributed by atoms with Crippen molar-refractivity contribution in [2.75, 3.05) is 0 Å². The molecule has 3 nitrogen and oxygen atoms in total. The normalized spacial score (nSPS) is 33.1. The first kappa shape index (κ1) is 12.8. The average Bonchev–Trinajstić information content (AvgIpc) is 2.89. The molecular formula is C17H23NO2. The van der Waals surface area contributed by atoms with Crippen LogP contribution in [0.1, 0.15) is 63.3 Å². The minimum absolute atomic E-state index is 0.00711. The van der Waals surface area contributed by atoms with E-state index >= 15 is 0 Å². The quantitative estimate of drug-likeness (QED) is 0.724. The Labute approximate surface area is 120 Å². The van der Waals surface area contributed by atoms with E-state index in [2.05, 4.69) is 43.0 Å². The van der Waals surface area contributed by atoms with Gasteiger partial charge in [-0.2, -0.15) is 0 Å². The summed E-state index contributed by atoms with van der Waals surface area (Å²) in [4.78, 5) is 14.0. The van der Waals surface area contributed by atoms with E-state index in [9.17, 15) is 0 Å². The lowest BCUT2D eigenvalue weighted by atomic mass is 9.75. The second-order valence-electron chi connectivity index (χ2n) is 6.95. The smallest absolute Gasteiger partial charge is 0.174 e. The third-order valence-electron chi connectivity index (χ3n) is 5.31. The monoisotopic (exact) mass is 273 g/mol. The molecule has 1 aromatic carbocycles. The molecule has 3 aliphatic rings. The van der Waals surface area contributed by atoms with Crippen molar-refractivity contribution in [2.45, 2.75) is 69.9 Å². The maximum atomic E-state index is 5.77. The van der Waals surface area contributed by atoms with Gasteiger partial charge in [0.05, 0.1) is 0 Å². The Kier molecular flexibility index (Phi) is 2.92. The summed E-state index contributed by atoms with van der Waals surface area (Å²) in [5.41, 5.74) is 2.64. The van der Waals surface area contributed by atoms with Gasteiger partial charge in [-0.25, -0.2) is 14.7 Å². The van der Waals surface area contributed by atoms with Crippen molar-refractivity contribution < 1.29 is 9.78 Å². The average molecular weight is 273 g/mol. The van der Waals surface area contributed by atoms with E-state index in [-0.39, 0.29) is 17.9 Å². The summed E-state index contributed by atoms with van der Waals surface area (Å²) in [6.07, 6.45) is 6.64. The van der Waals surface area contributed by atoms with Gasteiger partial charge in [-0.15, -0.1) is 0 Å². The fourth-order valence-electron chi connectivity index (χ4n) is 4.23. The molecule has 1 saturated heterocycles. The fraction of sp³-hybridized carbons (Fsp3) is 0.647. The molecular weight excluding hydrogens is 250 g/mol. The summed E-state index contributed by atoms with van der Waals surface area (Å²) in [6.45, 7) is 4.55. The van der Waals surface area contributed by atoms with Crippen molar-refractivity contribution in [3.63, 3.8) is 0 Å². The predicted octanol–water partition coefficient (Wildman–Crippen LogP) is 3.90. The predicted molar refractivity (Wildman–Crippen MR) is 76.9 cm³/mol. The van der Waals surface area contributed by atoms with E-state index in [0.29, 0.717) is 6.04 Å². The minimum Gasteiger partial charge on any atom is -0.239 e. The van der Waals surface area contributed by atoms with Crippen molar-refractivity contribution >= 4 is 0 Å². The lowest BCUT2D eigenvalue weighted by molar-refractivity contribution is -0.302. The van der Waals surface area contributed by atoms with Crippen LogP contribution in [0.5, 0.6) is 0 Å². The Balaban J connectivity index is 1.77. The Morgan fingerprint density at radius 1 is 1.05 bits per heavy atom. The molecule has 0 aromatic heterocycles. The maximum absolute atomic E-state index is 5.77. The summed E-state index contributed by atoms with van der Waals surface area (Å²) in [5.74, 6) is 0. The second-order valence-corrected chi connectivity index (χ2v) is 6.95. The zero-order valence-corrected chi connectivity index (χ0v) is 12.3. The van der Waals surface area contributed by atoms with Gasteiger partial charge < -0.3 is 0 Å². The molecule has 2 bridgehead atoms. The topological polar surface area (TPSA) is 21.7 Å². The van der Waals surface area contributed by atoms with Crippen molar-refractivity contribution in [3.05, 3.63) is 35.4 Å². The van der Waals surface area contributed by atoms with Crippen LogP contribution in [0.15, 0.2) is 24.3 Å². The second kappa shape index (κ2) is 4.55. The third kappa shape index (κ3) is 1.70. The molecule has 4 rings (SSSR count). The molecule has 0 amide bonds. The molecule has 20 heavy (non-hydrogen) atoms. The van der Waals surface area contributed by atoms with E-state index in [0.717, 1.165) is 0 Å². The van der Waals surface area contributed by atoms with Gasteiger partial charge in [0.2, 0.25) is 0 Å². The zero-order valence-electron chi connectivity index (χ0n) is 12.3. The van der Waals surface area contributed by atoms with E-state index in [1.54, 1.807) is 0 Å². The van der Waals surface area contributed by atoms with Gasteiger partial charge in [-0.1, -0.05) is 57.4 Å². The highest BCUT2D eigenvalue weighted by molar-refractivity contribution is 5.39. The Morgan fingerprint density at radius 2 is 1.80 bits per heavy atom.